The molecule has 0 saturated heterocycles. The second-order valence-corrected chi connectivity index (χ2v) is 3.59. The summed E-state index contributed by atoms with van der Waals surface area (Å²) in [7, 11) is 0. The van der Waals surface area contributed by atoms with Crippen LogP contribution in [0.5, 0.6) is 0 Å². The summed E-state index contributed by atoms with van der Waals surface area (Å²) in [6.45, 7) is 1.99. The van der Waals surface area contributed by atoms with Gasteiger partial charge in [-0.3, -0.25) is 4.98 Å². The largest absolute Gasteiger partial charge is 0.347 e. The Bertz CT molecular complexity index is 622. The third-order valence-electron chi connectivity index (χ3n) is 2.19. The Labute approximate surface area is 97.8 Å². The highest BCUT2D eigenvalue weighted by atomic mass is 16.1. The van der Waals surface area contributed by atoms with Crippen LogP contribution in [-0.4, -0.2) is 9.97 Å². The van der Waals surface area contributed by atoms with Crippen LogP contribution in [0.25, 0.3) is 0 Å². The van der Waals surface area contributed by atoms with E-state index in [0.717, 1.165) is 11.3 Å². The molecule has 0 amide bonds. The summed E-state index contributed by atoms with van der Waals surface area (Å²) < 4.78 is 0. The molecule has 1 heterocycles. The van der Waals surface area contributed by atoms with Crippen LogP contribution >= 0.6 is 0 Å². The fourth-order valence-corrected chi connectivity index (χ4v) is 1.37. The van der Waals surface area contributed by atoms with E-state index in [-0.39, 0.29) is 5.69 Å². The minimum Gasteiger partial charge on any atom is -0.340 e. The first kappa shape index (κ1) is 10.9. The lowest BCUT2D eigenvalue weighted by Crippen LogP contribution is -2.13. The molecule has 17 heavy (non-hydrogen) atoms. The average molecular weight is 226 g/mol. The smallest absolute Gasteiger partial charge is 0.340 e. The van der Waals surface area contributed by atoms with Crippen molar-refractivity contribution in [1.29, 1.82) is 5.26 Å². The summed E-state index contributed by atoms with van der Waals surface area (Å²) in [6.07, 6.45) is 0. The molecule has 0 saturated carbocycles. The van der Waals surface area contributed by atoms with Crippen molar-refractivity contribution in [2.45, 2.75) is 6.92 Å². The molecule has 5 nitrogen and oxygen atoms in total. The average Bonchev–Trinajstić information content (AvgIpc) is 2.31. The van der Waals surface area contributed by atoms with Crippen LogP contribution < -0.4 is 11.0 Å². The lowest BCUT2D eigenvalue weighted by atomic mass is 10.2. The van der Waals surface area contributed by atoms with Gasteiger partial charge in [0.15, 0.2) is 0 Å². The molecular weight excluding hydrogens is 216 g/mol. The van der Waals surface area contributed by atoms with Crippen molar-refractivity contribution in [2.75, 3.05) is 5.32 Å². The maximum absolute atomic E-state index is 11.2. The second-order valence-electron chi connectivity index (χ2n) is 3.59. The zero-order chi connectivity index (χ0) is 12.3. The van der Waals surface area contributed by atoms with Gasteiger partial charge in [-0.1, -0.05) is 17.7 Å². The van der Waals surface area contributed by atoms with Crippen molar-refractivity contribution in [2.24, 2.45) is 0 Å². The van der Waals surface area contributed by atoms with E-state index in [4.69, 9.17) is 5.26 Å². The molecule has 0 spiro atoms. The fourth-order valence-electron chi connectivity index (χ4n) is 1.37. The van der Waals surface area contributed by atoms with E-state index >= 15 is 0 Å². The van der Waals surface area contributed by atoms with Crippen molar-refractivity contribution in [1.82, 2.24) is 9.97 Å². The van der Waals surface area contributed by atoms with Gasteiger partial charge in [0, 0.05) is 11.8 Å². The van der Waals surface area contributed by atoms with E-state index in [1.807, 2.05) is 37.3 Å². The Morgan fingerprint density at radius 1 is 1.35 bits per heavy atom. The number of benzene rings is 1. The van der Waals surface area contributed by atoms with E-state index in [1.165, 1.54) is 6.07 Å². The number of rotatable bonds is 2. The van der Waals surface area contributed by atoms with Crippen molar-refractivity contribution in [3.63, 3.8) is 0 Å². The van der Waals surface area contributed by atoms with Crippen molar-refractivity contribution in [3.05, 3.63) is 52.1 Å². The number of hydrogen-bond acceptors (Lipinski definition) is 4. The van der Waals surface area contributed by atoms with Crippen LogP contribution in [0.3, 0.4) is 0 Å². The molecule has 2 aromatic rings. The number of aromatic nitrogens is 2. The van der Waals surface area contributed by atoms with Crippen LogP contribution in [0.1, 0.15) is 11.3 Å². The lowest BCUT2D eigenvalue weighted by Gasteiger charge is -2.05. The molecule has 0 atom stereocenters. The Hall–Kier alpha value is -2.61. The Kier molecular flexibility index (Phi) is 2.88. The van der Waals surface area contributed by atoms with Gasteiger partial charge >= 0.3 is 5.69 Å². The molecule has 0 unspecified atom stereocenters. The first-order chi connectivity index (χ1) is 8.17. The number of nitrogens with zero attached hydrogens (tertiary/aromatic N) is 2. The van der Waals surface area contributed by atoms with Crippen LogP contribution in [0.4, 0.5) is 11.5 Å². The summed E-state index contributed by atoms with van der Waals surface area (Å²) in [5.41, 5.74) is 1.60. The highest BCUT2D eigenvalue weighted by Gasteiger charge is 2.00. The number of nitriles is 1. The van der Waals surface area contributed by atoms with Gasteiger partial charge in [-0.2, -0.15) is 10.2 Å². The first-order valence-corrected chi connectivity index (χ1v) is 5.02. The predicted octanol–water partition coefficient (Wildman–Crippen LogP) is 1.69. The third kappa shape index (κ3) is 2.69. The zero-order valence-electron chi connectivity index (χ0n) is 9.19. The molecule has 0 aliphatic carbocycles. The number of aromatic amines is 1. The lowest BCUT2D eigenvalue weighted by molar-refractivity contribution is 1.06. The zero-order valence-corrected chi connectivity index (χ0v) is 9.19. The summed E-state index contributed by atoms with van der Waals surface area (Å²) in [6, 6.07) is 11.0. The Morgan fingerprint density at radius 2 is 2.06 bits per heavy atom. The fraction of sp³-hybridized carbons (Fsp3) is 0.0833. The molecule has 2 rings (SSSR count). The molecule has 0 aliphatic rings. The molecule has 1 aromatic heterocycles. The maximum atomic E-state index is 11.2. The van der Waals surface area contributed by atoms with Gasteiger partial charge in [-0.15, -0.1) is 0 Å². The van der Waals surface area contributed by atoms with E-state index in [9.17, 15) is 4.79 Å². The summed E-state index contributed by atoms with van der Waals surface area (Å²) in [5, 5.41) is 11.7. The highest BCUT2D eigenvalue weighted by Crippen LogP contribution is 2.14. The Morgan fingerprint density at radius 3 is 2.71 bits per heavy atom. The van der Waals surface area contributed by atoms with Gasteiger partial charge in [0.25, 0.3) is 0 Å². The molecule has 0 fully saturated rings. The SMILES string of the molecule is Cc1ccc(Nc2cc(C#N)[nH]c(=O)n2)cc1. The molecule has 5 heteroatoms. The minimum atomic E-state index is -0.543. The first-order valence-electron chi connectivity index (χ1n) is 5.02. The van der Waals surface area contributed by atoms with Crippen LogP contribution in [-0.2, 0) is 0 Å². The third-order valence-corrected chi connectivity index (χ3v) is 2.19. The van der Waals surface area contributed by atoms with Gasteiger partial charge in [0.1, 0.15) is 17.6 Å². The minimum absolute atomic E-state index is 0.180. The molecule has 2 N–H and O–H groups in total. The number of H-pyrrole nitrogens is 1. The van der Waals surface area contributed by atoms with Gasteiger partial charge in [0.05, 0.1) is 0 Å². The maximum Gasteiger partial charge on any atom is 0.347 e. The van der Waals surface area contributed by atoms with Crippen LogP contribution in [0.15, 0.2) is 35.1 Å². The van der Waals surface area contributed by atoms with Gasteiger partial charge in [-0.25, -0.2) is 4.79 Å². The van der Waals surface area contributed by atoms with Gasteiger partial charge < -0.3 is 5.32 Å². The normalized spacial score (nSPS) is 9.65. The number of aryl methyl sites for hydroxylation is 1. The summed E-state index contributed by atoms with van der Waals surface area (Å²) in [4.78, 5) is 17.2. The molecule has 0 radical (unpaired) electrons. The van der Waals surface area contributed by atoms with Crippen molar-refractivity contribution < 1.29 is 0 Å². The topological polar surface area (TPSA) is 81.6 Å². The summed E-state index contributed by atoms with van der Waals surface area (Å²) in [5.74, 6) is 0.356. The van der Waals surface area contributed by atoms with E-state index in [0.29, 0.717) is 5.82 Å². The number of hydrogen-bond donors (Lipinski definition) is 2. The molecule has 0 aliphatic heterocycles. The van der Waals surface area contributed by atoms with Crippen LogP contribution in [0, 0.1) is 18.3 Å². The van der Waals surface area contributed by atoms with Crippen LogP contribution in [0.2, 0.25) is 0 Å². The quantitative estimate of drug-likeness (QED) is 0.816. The van der Waals surface area contributed by atoms with E-state index in [1.54, 1.807) is 0 Å². The van der Waals surface area contributed by atoms with Gasteiger partial charge in [0.2, 0.25) is 0 Å². The Balaban J connectivity index is 2.30. The predicted molar refractivity (Wildman–Crippen MR) is 64.0 cm³/mol. The standard InChI is InChI=1S/C12H10N4O/c1-8-2-4-9(5-3-8)14-11-6-10(7-13)15-12(17)16-11/h2-6H,1H3,(H2,14,15,16,17). The molecular formula is C12H10N4O. The molecule has 1 aromatic carbocycles. The number of nitrogens with one attached hydrogen (secondary N) is 2. The second kappa shape index (κ2) is 4.49. The molecule has 0 bridgehead atoms. The molecule has 84 valence electrons. The monoisotopic (exact) mass is 226 g/mol. The van der Waals surface area contributed by atoms with Gasteiger partial charge in [-0.05, 0) is 19.1 Å². The number of anilines is 2. The van der Waals surface area contributed by atoms with Crippen molar-refractivity contribution in [3.8, 4) is 6.07 Å². The van der Waals surface area contributed by atoms with E-state index in [2.05, 4.69) is 15.3 Å². The summed E-state index contributed by atoms with van der Waals surface area (Å²) >= 11 is 0. The van der Waals surface area contributed by atoms with E-state index < -0.39 is 5.69 Å². The highest BCUT2D eigenvalue weighted by molar-refractivity contribution is 5.56. The van der Waals surface area contributed by atoms with Crippen molar-refractivity contribution >= 4 is 11.5 Å².